The average molecular weight is 273 g/mol. The highest BCUT2D eigenvalue weighted by Gasteiger charge is 2.07. The number of hydrogen-bond acceptors (Lipinski definition) is 2. The summed E-state index contributed by atoms with van der Waals surface area (Å²) in [7, 11) is 0. The van der Waals surface area contributed by atoms with Crippen LogP contribution in [0.5, 0.6) is 5.75 Å². The molecule has 0 aliphatic carbocycles. The molecule has 0 aromatic heterocycles. The van der Waals surface area contributed by atoms with Gasteiger partial charge in [-0.3, -0.25) is 0 Å². The molecule has 3 heteroatoms. The van der Waals surface area contributed by atoms with Gasteiger partial charge in [0.25, 0.3) is 0 Å². The van der Waals surface area contributed by atoms with Crippen molar-refractivity contribution in [1.82, 2.24) is 5.32 Å². The minimum absolute atomic E-state index is 0.144. The number of aryl methyl sites for hydroxylation is 2. The van der Waals surface area contributed by atoms with Crippen molar-refractivity contribution >= 4 is 0 Å². The molecule has 0 saturated heterocycles. The lowest BCUT2D eigenvalue weighted by molar-refractivity contribution is 0.466. The van der Waals surface area contributed by atoms with Gasteiger partial charge < -0.3 is 10.4 Å². The van der Waals surface area contributed by atoms with Crippen molar-refractivity contribution in [2.45, 2.75) is 33.4 Å². The van der Waals surface area contributed by atoms with Crippen LogP contribution in [0.1, 0.15) is 35.2 Å². The largest absolute Gasteiger partial charge is 0.507 e. The average Bonchev–Trinajstić information content (AvgIpc) is 2.42. The lowest BCUT2D eigenvalue weighted by Gasteiger charge is -2.15. The minimum Gasteiger partial charge on any atom is -0.507 e. The van der Waals surface area contributed by atoms with Crippen molar-refractivity contribution < 1.29 is 9.50 Å². The van der Waals surface area contributed by atoms with Crippen LogP contribution in [0.4, 0.5) is 4.39 Å². The SMILES string of the molecule is Cc1cc(CN[C@H](C)c2ccc(F)cc2)cc(C)c1O. The Labute approximate surface area is 119 Å². The van der Waals surface area contributed by atoms with Crippen LogP contribution in [0.2, 0.25) is 0 Å². The van der Waals surface area contributed by atoms with E-state index < -0.39 is 0 Å². The first-order valence-corrected chi connectivity index (χ1v) is 6.75. The second kappa shape index (κ2) is 6.06. The minimum atomic E-state index is -0.217. The fourth-order valence-electron chi connectivity index (χ4n) is 2.29. The van der Waals surface area contributed by atoms with Crippen LogP contribution in [0.3, 0.4) is 0 Å². The molecule has 2 aromatic carbocycles. The third-order valence-electron chi connectivity index (χ3n) is 3.53. The van der Waals surface area contributed by atoms with Gasteiger partial charge in [0.1, 0.15) is 11.6 Å². The van der Waals surface area contributed by atoms with E-state index in [0.717, 1.165) is 22.3 Å². The van der Waals surface area contributed by atoms with E-state index in [1.54, 1.807) is 12.1 Å². The van der Waals surface area contributed by atoms with Crippen molar-refractivity contribution in [3.63, 3.8) is 0 Å². The monoisotopic (exact) mass is 273 g/mol. The Morgan fingerprint density at radius 2 is 1.65 bits per heavy atom. The van der Waals surface area contributed by atoms with Crippen molar-refractivity contribution in [2.75, 3.05) is 0 Å². The van der Waals surface area contributed by atoms with Gasteiger partial charge in [-0.1, -0.05) is 24.3 Å². The molecule has 2 rings (SSSR count). The van der Waals surface area contributed by atoms with E-state index in [9.17, 15) is 9.50 Å². The third kappa shape index (κ3) is 3.36. The van der Waals surface area contributed by atoms with Crippen LogP contribution < -0.4 is 5.32 Å². The summed E-state index contributed by atoms with van der Waals surface area (Å²) in [5.41, 5.74) is 3.96. The van der Waals surface area contributed by atoms with Crippen LogP contribution >= 0.6 is 0 Å². The highest BCUT2D eigenvalue weighted by molar-refractivity contribution is 5.42. The van der Waals surface area contributed by atoms with E-state index in [-0.39, 0.29) is 11.9 Å². The maximum absolute atomic E-state index is 12.9. The Bertz CT molecular complexity index is 569. The number of nitrogens with one attached hydrogen (secondary N) is 1. The van der Waals surface area contributed by atoms with Gasteiger partial charge in [0, 0.05) is 12.6 Å². The summed E-state index contributed by atoms with van der Waals surface area (Å²) in [4.78, 5) is 0. The topological polar surface area (TPSA) is 32.3 Å². The summed E-state index contributed by atoms with van der Waals surface area (Å²) < 4.78 is 12.9. The van der Waals surface area contributed by atoms with Crippen LogP contribution in [-0.2, 0) is 6.54 Å². The normalized spacial score (nSPS) is 12.4. The van der Waals surface area contributed by atoms with Gasteiger partial charge in [-0.05, 0) is 55.2 Å². The number of rotatable bonds is 4. The van der Waals surface area contributed by atoms with Crippen molar-refractivity contribution in [3.8, 4) is 5.75 Å². The van der Waals surface area contributed by atoms with Crippen LogP contribution in [0.15, 0.2) is 36.4 Å². The van der Waals surface area contributed by atoms with Gasteiger partial charge in [-0.15, -0.1) is 0 Å². The summed E-state index contributed by atoms with van der Waals surface area (Å²) in [6.45, 7) is 6.55. The quantitative estimate of drug-likeness (QED) is 0.882. The summed E-state index contributed by atoms with van der Waals surface area (Å²) in [5.74, 6) is 0.145. The van der Waals surface area contributed by atoms with Crippen LogP contribution in [-0.4, -0.2) is 5.11 Å². The van der Waals surface area contributed by atoms with Crippen molar-refractivity contribution in [3.05, 3.63) is 64.5 Å². The molecule has 0 aliphatic heterocycles. The number of hydrogen-bond donors (Lipinski definition) is 2. The maximum atomic E-state index is 12.9. The van der Waals surface area contributed by atoms with E-state index >= 15 is 0 Å². The Morgan fingerprint density at radius 1 is 1.10 bits per heavy atom. The van der Waals surface area contributed by atoms with Crippen LogP contribution in [0, 0.1) is 19.7 Å². The van der Waals surface area contributed by atoms with E-state index in [1.165, 1.54) is 12.1 Å². The zero-order valence-corrected chi connectivity index (χ0v) is 12.1. The molecular formula is C17H20FNO. The van der Waals surface area contributed by atoms with Crippen molar-refractivity contribution in [1.29, 1.82) is 0 Å². The fourth-order valence-corrected chi connectivity index (χ4v) is 2.29. The standard InChI is InChI=1S/C17H20FNO/c1-11-8-14(9-12(2)17(11)20)10-19-13(3)15-4-6-16(18)7-5-15/h4-9,13,19-20H,10H2,1-3H3/t13-/m1/s1. The highest BCUT2D eigenvalue weighted by Crippen LogP contribution is 2.23. The Kier molecular flexibility index (Phi) is 4.40. The highest BCUT2D eigenvalue weighted by atomic mass is 19.1. The smallest absolute Gasteiger partial charge is 0.123 e. The molecule has 20 heavy (non-hydrogen) atoms. The first-order valence-electron chi connectivity index (χ1n) is 6.75. The predicted octanol–water partition coefficient (Wildman–Crippen LogP) is 4.00. The number of halogens is 1. The first-order chi connectivity index (χ1) is 9.47. The Balaban J connectivity index is 2.03. The Morgan fingerprint density at radius 3 is 2.20 bits per heavy atom. The van der Waals surface area contributed by atoms with E-state index in [0.29, 0.717) is 12.3 Å². The lowest BCUT2D eigenvalue weighted by atomic mass is 10.0. The molecular weight excluding hydrogens is 253 g/mol. The van der Waals surface area contributed by atoms with Gasteiger partial charge in [0.2, 0.25) is 0 Å². The van der Waals surface area contributed by atoms with E-state index in [4.69, 9.17) is 0 Å². The van der Waals surface area contributed by atoms with Gasteiger partial charge in [0.15, 0.2) is 0 Å². The van der Waals surface area contributed by atoms with Gasteiger partial charge >= 0.3 is 0 Å². The molecule has 0 spiro atoms. The molecule has 2 aromatic rings. The number of benzene rings is 2. The van der Waals surface area contributed by atoms with E-state index in [1.807, 2.05) is 32.9 Å². The molecule has 2 nitrogen and oxygen atoms in total. The molecule has 0 bridgehead atoms. The Hall–Kier alpha value is -1.87. The third-order valence-corrected chi connectivity index (χ3v) is 3.53. The molecule has 0 unspecified atom stereocenters. The molecule has 1 atom stereocenters. The zero-order chi connectivity index (χ0) is 14.7. The second-order valence-electron chi connectivity index (χ2n) is 5.23. The zero-order valence-electron chi connectivity index (χ0n) is 12.1. The maximum Gasteiger partial charge on any atom is 0.123 e. The first kappa shape index (κ1) is 14.5. The molecule has 0 saturated carbocycles. The van der Waals surface area contributed by atoms with E-state index in [2.05, 4.69) is 5.32 Å². The van der Waals surface area contributed by atoms with Gasteiger partial charge in [-0.2, -0.15) is 0 Å². The molecule has 0 radical (unpaired) electrons. The summed E-state index contributed by atoms with van der Waals surface area (Å²) in [6, 6.07) is 10.6. The summed E-state index contributed by atoms with van der Waals surface area (Å²) in [5, 5.41) is 13.2. The van der Waals surface area contributed by atoms with Gasteiger partial charge in [0.05, 0.1) is 0 Å². The molecule has 0 fully saturated rings. The molecule has 0 amide bonds. The number of aromatic hydroxyl groups is 1. The lowest BCUT2D eigenvalue weighted by Crippen LogP contribution is -2.18. The molecule has 2 N–H and O–H groups in total. The summed E-state index contributed by atoms with van der Waals surface area (Å²) >= 11 is 0. The number of phenols is 1. The fraction of sp³-hybridized carbons (Fsp3) is 0.294. The molecule has 0 heterocycles. The summed E-state index contributed by atoms with van der Waals surface area (Å²) in [6.07, 6.45) is 0. The molecule has 106 valence electrons. The number of phenolic OH excluding ortho intramolecular Hbond substituents is 1. The van der Waals surface area contributed by atoms with Crippen molar-refractivity contribution in [2.24, 2.45) is 0 Å². The predicted molar refractivity (Wildman–Crippen MR) is 79.2 cm³/mol. The molecule has 0 aliphatic rings. The second-order valence-corrected chi connectivity index (χ2v) is 5.23. The van der Waals surface area contributed by atoms with Gasteiger partial charge in [-0.25, -0.2) is 4.39 Å². The van der Waals surface area contributed by atoms with Crippen LogP contribution in [0.25, 0.3) is 0 Å².